The predicted octanol–water partition coefficient (Wildman–Crippen LogP) is 1.13. The predicted molar refractivity (Wildman–Crippen MR) is 80.1 cm³/mol. The van der Waals surface area contributed by atoms with E-state index in [0.717, 1.165) is 5.56 Å². The van der Waals surface area contributed by atoms with Gasteiger partial charge < -0.3 is 15.4 Å². The van der Waals surface area contributed by atoms with E-state index in [1.165, 1.54) is 5.56 Å². The molecule has 1 aliphatic heterocycles. The third-order valence-electron chi connectivity index (χ3n) is 3.52. The van der Waals surface area contributed by atoms with Gasteiger partial charge in [-0.3, -0.25) is 0 Å². The van der Waals surface area contributed by atoms with Crippen molar-refractivity contribution in [2.45, 2.75) is 26.3 Å². The third kappa shape index (κ3) is 4.63. The van der Waals surface area contributed by atoms with Gasteiger partial charge in [-0.25, -0.2) is 13.2 Å². The van der Waals surface area contributed by atoms with Crippen LogP contribution in [0.4, 0.5) is 4.79 Å². The van der Waals surface area contributed by atoms with E-state index >= 15 is 0 Å². The Morgan fingerprint density at radius 2 is 2.10 bits per heavy atom. The molecule has 116 valence electrons. The van der Waals surface area contributed by atoms with E-state index in [4.69, 9.17) is 4.74 Å². The summed E-state index contributed by atoms with van der Waals surface area (Å²) in [6.45, 7) is 4.04. The van der Waals surface area contributed by atoms with E-state index in [2.05, 4.69) is 10.6 Å². The molecule has 0 aromatic heterocycles. The maximum atomic E-state index is 11.6. The Morgan fingerprint density at radius 3 is 2.71 bits per heavy atom. The van der Waals surface area contributed by atoms with Crippen LogP contribution >= 0.6 is 0 Å². The number of sulfone groups is 1. The molecule has 1 aromatic carbocycles. The van der Waals surface area contributed by atoms with E-state index in [9.17, 15) is 13.2 Å². The number of rotatable bonds is 4. The zero-order valence-electron chi connectivity index (χ0n) is 12.2. The van der Waals surface area contributed by atoms with Crippen molar-refractivity contribution < 1.29 is 17.9 Å². The molecule has 2 N–H and O–H groups in total. The largest absolute Gasteiger partial charge is 0.473 e. The first-order chi connectivity index (χ1) is 9.85. The van der Waals surface area contributed by atoms with Crippen molar-refractivity contribution >= 4 is 15.9 Å². The van der Waals surface area contributed by atoms with Gasteiger partial charge in [0.2, 0.25) is 0 Å². The first-order valence-corrected chi connectivity index (χ1v) is 8.63. The van der Waals surface area contributed by atoms with Gasteiger partial charge in [-0.05, 0) is 43.5 Å². The molecular weight excluding hydrogens is 292 g/mol. The Kier molecular flexibility index (Phi) is 4.72. The van der Waals surface area contributed by atoms with E-state index in [1.807, 2.05) is 32.0 Å². The fourth-order valence-electron chi connectivity index (χ4n) is 2.13. The number of urea groups is 1. The van der Waals surface area contributed by atoms with E-state index < -0.39 is 15.9 Å². The summed E-state index contributed by atoms with van der Waals surface area (Å²) in [5.74, 6) is 0.831. The Hall–Kier alpha value is -1.76. The standard InChI is InChI=1S/C14H20N2O4S/c1-10-3-4-13(7-11(10)2)20-9-15-14(17)16-12-5-6-21(18,19)8-12/h3-4,7,12H,5-6,8-9H2,1-2H3,(H2,15,16,17). The van der Waals surface area contributed by atoms with Gasteiger partial charge in [0.25, 0.3) is 0 Å². The number of carbonyl (C=O) groups is 1. The number of ether oxygens (including phenoxy) is 1. The van der Waals surface area contributed by atoms with Gasteiger partial charge in [0.05, 0.1) is 11.5 Å². The zero-order valence-corrected chi connectivity index (χ0v) is 13.0. The van der Waals surface area contributed by atoms with E-state index in [0.29, 0.717) is 12.2 Å². The maximum absolute atomic E-state index is 11.6. The normalized spacial score (nSPS) is 20.0. The quantitative estimate of drug-likeness (QED) is 0.816. The average Bonchev–Trinajstić information content (AvgIpc) is 2.73. The molecule has 1 fully saturated rings. The molecule has 1 atom stereocenters. The zero-order chi connectivity index (χ0) is 15.5. The third-order valence-corrected chi connectivity index (χ3v) is 5.29. The first kappa shape index (κ1) is 15.6. The molecule has 2 rings (SSSR count). The molecule has 0 saturated carbocycles. The minimum absolute atomic E-state index is 0.0123. The topological polar surface area (TPSA) is 84.5 Å². The lowest BCUT2D eigenvalue weighted by Crippen LogP contribution is -2.43. The van der Waals surface area contributed by atoms with Crippen LogP contribution < -0.4 is 15.4 Å². The summed E-state index contributed by atoms with van der Waals surface area (Å²) < 4.78 is 28.0. The first-order valence-electron chi connectivity index (χ1n) is 6.80. The van der Waals surface area contributed by atoms with Gasteiger partial charge in [0.1, 0.15) is 5.75 Å². The smallest absolute Gasteiger partial charge is 0.317 e. The summed E-state index contributed by atoms with van der Waals surface area (Å²) in [6.07, 6.45) is 0.466. The van der Waals surface area contributed by atoms with Gasteiger partial charge in [0.15, 0.2) is 16.6 Å². The molecule has 2 amide bonds. The van der Waals surface area contributed by atoms with E-state index in [1.54, 1.807) is 0 Å². The molecular formula is C14H20N2O4S. The summed E-state index contributed by atoms with van der Waals surface area (Å²) in [5.41, 5.74) is 2.30. The molecule has 1 aromatic rings. The lowest BCUT2D eigenvalue weighted by molar-refractivity contribution is 0.221. The number of amides is 2. The van der Waals surface area contributed by atoms with Gasteiger partial charge in [-0.15, -0.1) is 0 Å². The van der Waals surface area contributed by atoms with Crippen LogP contribution in [0.5, 0.6) is 5.75 Å². The number of hydrogen-bond acceptors (Lipinski definition) is 4. The van der Waals surface area contributed by atoms with Crippen LogP contribution in [0.25, 0.3) is 0 Å². The SMILES string of the molecule is Cc1ccc(OCNC(=O)NC2CCS(=O)(=O)C2)cc1C. The Balaban J connectivity index is 1.73. The molecule has 0 bridgehead atoms. The Morgan fingerprint density at radius 1 is 1.33 bits per heavy atom. The van der Waals surface area contributed by atoms with Crippen molar-refractivity contribution in [3.05, 3.63) is 29.3 Å². The lowest BCUT2D eigenvalue weighted by Gasteiger charge is -2.13. The van der Waals surface area contributed by atoms with Gasteiger partial charge in [-0.2, -0.15) is 0 Å². The molecule has 0 radical (unpaired) electrons. The number of hydrogen-bond donors (Lipinski definition) is 2. The van der Waals surface area contributed by atoms with Gasteiger partial charge >= 0.3 is 6.03 Å². The fourth-order valence-corrected chi connectivity index (χ4v) is 3.81. The number of carbonyl (C=O) groups excluding carboxylic acids is 1. The molecule has 6 nitrogen and oxygen atoms in total. The van der Waals surface area contributed by atoms with Crippen molar-refractivity contribution in [3.63, 3.8) is 0 Å². The summed E-state index contributed by atoms with van der Waals surface area (Å²) in [4.78, 5) is 11.6. The molecule has 1 heterocycles. The molecule has 0 aliphatic carbocycles. The van der Waals surface area contributed by atoms with Crippen LogP contribution in [0.1, 0.15) is 17.5 Å². The van der Waals surface area contributed by atoms with Crippen LogP contribution in [-0.2, 0) is 9.84 Å². The van der Waals surface area contributed by atoms with Crippen LogP contribution in [0.3, 0.4) is 0 Å². The second-order valence-electron chi connectivity index (χ2n) is 5.28. The number of nitrogens with one attached hydrogen (secondary N) is 2. The molecule has 7 heteroatoms. The van der Waals surface area contributed by atoms with Crippen molar-refractivity contribution in [3.8, 4) is 5.75 Å². The summed E-state index contributed by atoms with van der Waals surface area (Å²) in [6, 6.07) is 4.97. The van der Waals surface area contributed by atoms with Crippen LogP contribution in [0.2, 0.25) is 0 Å². The fraction of sp³-hybridized carbons (Fsp3) is 0.500. The van der Waals surface area contributed by atoms with E-state index in [-0.39, 0.29) is 24.3 Å². The van der Waals surface area contributed by atoms with Gasteiger partial charge in [-0.1, -0.05) is 6.07 Å². The molecule has 1 saturated heterocycles. The summed E-state index contributed by atoms with van der Waals surface area (Å²) in [5, 5.41) is 5.18. The molecule has 0 spiro atoms. The molecule has 21 heavy (non-hydrogen) atoms. The maximum Gasteiger partial charge on any atom is 0.317 e. The monoisotopic (exact) mass is 312 g/mol. The average molecular weight is 312 g/mol. The second-order valence-corrected chi connectivity index (χ2v) is 7.51. The highest BCUT2D eigenvalue weighted by molar-refractivity contribution is 7.91. The van der Waals surface area contributed by atoms with Crippen molar-refractivity contribution in [1.29, 1.82) is 0 Å². The second kappa shape index (κ2) is 6.34. The van der Waals surface area contributed by atoms with Crippen LogP contribution in [0, 0.1) is 13.8 Å². The highest BCUT2D eigenvalue weighted by Crippen LogP contribution is 2.16. The van der Waals surface area contributed by atoms with Crippen molar-refractivity contribution in [2.24, 2.45) is 0 Å². The molecule has 1 unspecified atom stereocenters. The highest BCUT2D eigenvalue weighted by Gasteiger charge is 2.28. The van der Waals surface area contributed by atoms with Crippen molar-refractivity contribution in [1.82, 2.24) is 10.6 Å². The lowest BCUT2D eigenvalue weighted by atomic mass is 10.1. The Bertz CT molecular complexity index is 628. The van der Waals surface area contributed by atoms with Crippen molar-refractivity contribution in [2.75, 3.05) is 18.2 Å². The highest BCUT2D eigenvalue weighted by atomic mass is 32.2. The minimum Gasteiger partial charge on any atom is -0.473 e. The molecule has 1 aliphatic rings. The number of aryl methyl sites for hydroxylation is 2. The summed E-state index contributed by atoms with van der Waals surface area (Å²) in [7, 11) is -2.99. The Labute approximate surface area is 124 Å². The van der Waals surface area contributed by atoms with Crippen LogP contribution in [0.15, 0.2) is 18.2 Å². The summed E-state index contributed by atoms with van der Waals surface area (Å²) >= 11 is 0. The number of benzene rings is 1. The minimum atomic E-state index is -2.99. The van der Waals surface area contributed by atoms with Crippen LogP contribution in [-0.4, -0.2) is 38.7 Å². The van der Waals surface area contributed by atoms with Gasteiger partial charge in [0, 0.05) is 6.04 Å².